The highest BCUT2D eigenvalue weighted by Gasteiger charge is 2.10. The lowest BCUT2D eigenvalue weighted by atomic mass is 10.1. The molecule has 2 N–H and O–H groups in total. The third-order valence-corrected chi connectivity index (χ3v) is 3.24. The second-order valence-corrected chi connectivity index (χ2v) is 4.69. The van der Waals surface area contributed by atoms with E-state index in [1.54, 1.807) is 30.3 Å². The number of nitrogens with zero attached hydrogens (tertiary/aromatic N) is 2. The maximum absolute atomic E-state index is 11.2. The zero-order valence-electron chi connectivity index (χ0n) is 11.4. The van der Waals surface area contributed by atoms with Gasteiger partial charge in [0, 0.05) is 0 Å². The number of fused-ring (bicyclic) bond motifs is 1. The van der Waals surface area contributed by atoms with Crippen molar-refractivity contribution in [1.82, 2.24) is 9.97 Å². The van der Waals surface area contributed by atoms with Gasteiger partial charge >= 0.3 is 5.97 Å². The molecule has 5 heteroatoms. The van der Waals surface area contributed by atoms with Crippen LogP contribution in [0.5, 0.6) is 0 Å². The molecule has 106 valence electrons. The molecular weight excluding hydrogens is 278 g/mol. The first-order valence-corrected chi connectivity index (χ1v) is 6.57. The molecule has 2 aromatic carbocycles. The Bertz CT molecular complexity index is 915. The van der Waals surface area contributed by atoms with Gasteiger partial charge in [-0.25, -0.2) is 9.78 Å². The molecule has 1 heterocycles. The number of H-pyrrole nitrogens is 1. The average Bonchev–Trinajstić information content (AvgIpc) is 2.96. The van der Waals surface area contributed by atoms with Crippen LogP contribution in [-0.4, -0.2) is 21.0 Å². The SMILES string of the molecule is N#Cc1ccc(C=Cc2nc3cccc(C(=O)O)c3[nH]2)cc1. The van der Waals surface area contributed by atoms with Gasteiger partial charge in [-0.1, -0.05) is 24.3 Å². The second kappa shape index (κ2) is 5.54. The summed E-state index contributed by atoms with van der Waals surface area (Å²) in [4.78, 5) is 18.5. The lowest BCUT2D eigenvalue weighted by Gasteiger charge is -1.94. The Labute approximate surface area is 126 Å². The number of carboxylic acid groups (broad SMARTS) is 1. The molecule has 1 aromatic heterocycles. The van der Waals surface area contributed by atoms with Crippen molar-refractivity contribution in [3.8, 4) is 6.07 Å². The monoisotopic (exact) mass is 289 g/mol. The van der Waals surface area contributed by atoms with Crippen molar-refractivity contribution >= 4 is 29.2 Å². The number of carboxylic acids is 1. The number of benzene rings is 2. The third kappa shape index (κ3) is 2.58. The first kappa shape index (κ1) is 13.6. The number of aromatic nitrogens is 2. The molecule has 0 bridgehead atoms. The first-order chi connectivity index (χ1) is 10.7. The number of rotatable bonds is 3. The van der Waals surface area contributed by atoms with Gasteiger partial charge in [-0.15, -0.1) is 0 Å². The van der Waals surface area contributed by atoms with Crippen molar-refractivity contribution in [2.45, 2.75) is 0 Å². The Balaban J connectivity index is 1.93. The number of aromatic carboxylic acids is 1. The molecule has 0 amide bonds. The van der Waals surface area contributed by atoms with Crippen LogP contribution in [-0.2, 0) is 0 Å². The summed E-state index contributed by atoms with van der Waals surface area (Å²) in [6.45, 7) is 0. The molecule has 0 fully saturated rings. The van der Waals surface area contributed by atoms with Crippen LogP contribution in [0.25, 0.3) is 23.2 Å². The van der Waals surface area contributed by atoms with Crippen LogP contribution in [0.3, 0.4) is 0 Å². The fourth-order valence-corrected chi connectivity index (χ4v) is 2.15. The van der Waals surface area contributed by atoms with Gasteiger partial charge in [0.2, 0.25) is 0 Å². The normalized spacial score (nSPS) is 10.9. The summed E-state index contributed by atoms with van der Waals surface area (Å²) in [5, 5.41) is 17.9. The van der Waals surface area contributed by atoms with Crippen molar-refractivity contribution in [2.75, 3.05) is 0 Å². The van der Waals surface area contributed by atoms with Gasteiger partial charge in [0.15, 0.2) is 0 Å². The molecule has 0 spiro atoms. The van der Waals surface area contributed by atoms with E-state index in [4.69, 9.17) is 10.4 Å². The summed E-state index contributed by atoms with van der Waals surface area (Å²) in [6.07, 6.45) is 3.62. The summed E-state index contributed by atoms with van der Waals surface area (Å²) in [6, 6.07) is 14.2. The minimum atomic E-state index is -0.989. The van der Waals surface area contributed by atoms with Gasteiger partial charge in [0.1, 0.15) is 5.82 Å². The standard InChI is InChI=1S/C17H11N3O2/c18-10-12-6-4-11(5-7-12)8-9-15-19-14-3-1-2-13(17(21)22)16(14)20-15/h1-9H,(H,19,20)(H,21,22). The number of para-hydroxylation sites is 1. The van der Waals surface area contributed by atoms with E-state index in [1.165, 1.54) is 6.07 Å². The highest BCUT2D eigenvalue weighted by molar-refractivity contribution is 6.01. The van der Waals surface area contributed by atoms with Crippen molar-refractivity contribution in [3.63, 3.8) is 0 Å². The Hall–Kier alpha value is -3.39. The highest BCUT2D eigenvalue weighted by atomic mass is 16.4. The minimum absolute atomic E-state index is 0.197. The van der Waals surface area contributed by atoms with Crippen LogP contribution >= 0.6 is 0 Å². The second-order valence-electron chi connectivity index (χ2n) is 4.69. The van der Waals surface area contributed by atoms with Gasteiger partial charge in [0.05, 0.1) is 28.2 Å². The number of imidazole rings is 1. The van der Waals surface area contributed by atoms with E-state index in [0.29, 0.717) is 22.4 Å². The number of hydrogen-bond acceptors (Lipinski definition) is 3. The van der Waals surface area contributed by atoms with Crippen LogP contribution in [0.15, 0.2) is 42.5 Å². The number of aromatic amines is 1. The van der Waals surface area contributed by atoms with Crippen molar-refractivity contribution < 1.29 is 9.90 Å². The maximum atomic E-state index is 11.2. The number of nitrogens with one attached hydrogen (secondary N) is 1. The van der Waals surface area contributed by atoms with Crippen LogP contribution in [0, 0.1) is 11.3 Å². The van der Waals surface area contributed by atoms with Crippen LogP contribution in [0.2, 0.25) is 0 Å². The van der Waals surface area contributed by atoms with E-state index in [1.807, 2.05) is 18.2 Å². The molecule has 3 aromatic rings. The first-order valence-electron chi connectivity index (χ1n) is 6.57. The molecule has 0 aliphatic rings. The molecule has 3 rings (SSSR count). The Kier molecular flexibility index (Phi) is 3.42. The average molecular weight is 289 g/mol. The van der Waals surface area contributed by atoms with Gasteiger partial charge in [-0.2, -0.15) is 5.26 Å². The lowest BCUT2D eigenvalue weighted by molar-refractivity contribution is 0.0699. The molecule has 0 aliphatic carbocycles. The van der Waals surface area contributed by atoms with E-state index in [-0.39, 0.29) is 5.56 Å². The molecule has 22 heavy (non-hydrogen) atoms. The number of nitriles is 1. The van der Waals surface area contributed by atoms with Gasteiger partial charge < -0.3 is 10.1 Å². The smallest absolute Gasteiger partial charge is 0.337 e. The highest BCUT2D eigenvalue weighted by Crippen LogP contribution is 2.18. The van der Waals surface area contributed by atoms with Gasteiger partial charge in [-0.3, -0.25) is 0 Å². The summed E-state index contributed by atoms with van der Waals surface area (Å²) in [5.74, 6) is -0.412. The largest absolute Gasteiger partial charge is 0.478 e. The van der Waals surface area contributed by atoms with E-state index in [9.17, 15) is 4.79 Å². The van der Waals surface area contributed by atoms with Crippen LogP contribution in [0.1, 0.15) is 27.3 Å². The molecule has 0 radical (unpaired) electrons. The molecule has 0 atom stereocenters. The van der Waals surface area contributed by atoms with Crippen LogP contribution in [0.4, 0.5) is 0 Å². The molecule has 0 saturated heterocycles. The van der Waals surface area contributed by atoms with Gasteiger partial charge in [0.25, 0.3) is 0 Å². The number of carbonyl (C=O) groups is 1. The summed E-state index contributed by atoms with van der Waals surface area (Å²) >= 11 is 0. The van der Waals surface area contributed by atoms with E-state index >= 15 is 0 Å². The van der Waals surface area contributed by atoms with E-state index in [0.717, 1.165) is 5.56 Å². The Morgan fingerprint density at radius 1 is 1.18 bits per heavy atom. The molecule has 0 unspecified atom stereocenters. The molecule has 0 aliphatic heterocycles. The molecule has 5 nitrogen and oxygen atoms in total. The zero-order chi connectivity index (χ0) is 15.5. The predicted molar refractivity (Wildman–Crippen MR) is 83.1 cm³/mol. The van der Waals surface area contributed by atoms with Crippen molar-refractivity contribution in [1.29, 1.82) is 5.26 Å². The summed E-state index contributed by atoms with van der Waals surface area (Å²) in [7, 11) is 0. The van der Waals surface area contributed by atoms with Crippen LogP contribution < -0.4 is 0 Å². The zero-order valence-corrected chi connectivity index (χ0v) is 11.4. The van der Waals surface area contributed by atoms with Gasteiger partial charge in [-0.05, 0) is 35.9 Å². The van der Waals surface area contributed by atoms with Crippen molar-refractivity contribution in [2.24, 2.45) is 0 Å². The lowest BCUT2D eigenvalue weighted by Crippen LogP contribution is -1.96. The third-order valence-electron chi connectivity index (χ3n) is 3.24. The predicted octanol–water partition coefficient (Wildman–Crippen LogP) is 3.30. The Morgan fingerprint density at radius 2 is 1.95 bits per heavy atom. The number of hydrogen-bond donors (Lipinski definition) is 2. The quantitative estimate of drug-likeness (QED) is 0.774. The van der Waals surface area contributed by atoms with Crippen molar-refractivity contribution in [3.05, 3.63) is 65.0 Å². The molecular formula is C17H11N3O2. The molecule has 0 saturated carbocycles. The minimum Gasteiger partial charge on any atom is -0.478 e. The summed E-state index contributed by atoms with van der Waals surface area (Å²) in [5.41, 5.74) is 2.85. The fraction of sp³-hybridized carbons (Fsp3) is 0. The maximum Gasteiger partial charge on any atom is 0.337 e. The van der Waals surface area contributed by atoms with E-state index < -0.39 is 5.97 Å². The van der Waals surface area contributed by atoms with E-state index in [2.05, 4.69) is 16.0 Å². The topological polar surface area (TPSA) is 89.8 Å². The summed E-state index contributed by atoms with van der Waals surface area (Å²) < 4.78 is 0. The Morgan fingerprint density at radius 3 is 2.64 bits per heavy atom. The fourth-order valence-electron chi connectivity index (χ4n) is 2.15.